The van der Waals surface area contributed by atoms with E-state index in [-0.39, 0.29) is 12.2 Å². The number of benzene rings is 2. The molecule has 182 valence electrons. The molecule has 0 spiro atoms. The fraction of sp³-hybridized carbons (Fsp3) is 0.160. The normalized spacial score (nSPS) is 11.9. The van der Waals surface area contributed by atoms with E-state index in [4.69, 9.17) is 25.4 Å². The fourth-order valence-corrected chi connectivity index (χ4v) is 3.13. The van der Waals surface area contributed by atoms with Crippen molar-refractivity contribution in [2.45, 2.75) is 26.0 Å². The lowest BCUT2D eigenvalue weighted by atomic mass is 10.0. The zero-order valence-corrected chi connectivity index (χ0v) is 18.6. The Balaban J connectivity index is 2.04. The van der Waals surface area contributed by atoms with Gasteiger partial charge in [-0.2, -0.15) is 4.98 Å². The van der Waals surface area contributed by atoms with Crippen LogP contribution >= 0.6 is 0 Å². The zero-order valence-electron chi connectivity index (χ0n) is 18.6. The van der Waals surface area contributed by atoms with E-state index in [0.29, 0.717) is 23.7 Å². The maximum Gasteiger partial charge on any atom is 0.344 e. The number of rotatable bonds is 10. The second kappa shape index (κ2) is 11.2. The minimum absolute atomic E-state index is 0.0210. The highest BCUT2D eigenvalue weighted by atomic mass is 19.1. The molecular weight excluding hydrogens is 462 g/mol. The summed E-state index contributed by atoms with van der Waals surface area (Å²) in [5, 5.41) is 18.1. The number of aromatic nitrogens is 1. The van der Waals surface area contributed by atoms with Gasteiger partial charge in [0.1, 0.15) is 5.75 Å². The Morgan fingerprint density at radius 3 is 2.46 bits per heavy atom. The number of nitrogens with zero attached hydrogens (tertiary/aromatic N) is 1. The first-order chi connectivity index (χ1) is 16.7. The number of ether oxygens (including phenoxy) is 2. The first-order valence-corrected chi connectivity index (χ1v) is 10.5. The van der Waals surface area contributed by atoms with Crippen molar-refractivity contribution in [1.82, 2.24) is 4.98 Å². The Hall–Kier alpha value is -4.31. The highest BCUT2D eigenvalue weighted by Crippen LogP contribution is 2.32. The molecule has 35 heavy (non-hydrogen) atoms. The van der Waals surface area contributed by atoms with Crippen LogP contribution in [0.3, 0.4) is 0 Å². The van der Waals surface area contributed by atoms with E-state index in [0.717, 1.165) is 17.2 Å². The number of carboxylic acids is 2. The van der Waals surface area contributed by atoms with Gasteiger partial charge in [0, 0.05) is 18.7 Å². The first kappa shape index (κ1) is 25.3. The molecular formula is C25H22F2N2O6. The van der Waals surface area contributed by atoms with Gasteiger partial charge in [0.25, 0.3) is 11.8 Å². The van der Waals surface area contributed by atoms with Crippen molar-refractivity contribution in [2.75, 3.05) is 0 Å². The van der Waals surface area contributed by atoms with Crippen LogP contribution in [0.15, 0.2) is 54.6 Å². The molecule has 1 aromatic heterocycles. The summed E-state index contributed by atoms with van der Waals surface area (Å²) in [6, 6.07) is 12.5. The molecule has 0 radical (unpaired) electrons. The number of hydrogen-bond acceptors (Lipinski definition) is 6. The van der Waals surface area contributed by atoms with Gasteiger partial charge in [-0.05, 0) is 59.0 Å². The van der Waals surface area contributed by atoms with Crippen LogP contribution in [-0.2, 0) is 16.1 Å². The van der Waals surface area contributed by atoms with Gasteiger partial charge in [-0.25, -0.2) is 18.4 Å². The molecule has 0 saturated heterocycles. The lowest BCUT2D eigenvalue weighted by Crippen LogP contribution is -2.26. The van der Waals surface area contributed by atoms with Crippen molar-refractivity contribution in [3.8, 4) is 28.6 Å². The molecule has 0 aliphatic heterocycles. The van der Waals surface area contributed by atoms with Crippen LogP contribution in [0.4, 0.5) is 8.78 Å². The number of carbonyl (C=O) groups is 2. The molecule has 0 aliphatic carbocycles. The van der Waals surface area contributed by atoms with Crippen molar-refractivity contribution in [1.29, 1.82) is 0 Å². The van der Waals surface area contributed by atoms with Crippen molar-refractivity contribution in [2.24, 2.45) is 5.73 Å². The van der Waals surface area contributed by atoms with E-state index in [1.54, 1.807) is 18.2 Å². The summed E-state index contributed by atoms with van der Waals surface area (Å²) in [4.78, 5) is 25.9. The van der Waals surface area contributed by atoms with E-state index < -0.39 is 41.4 Å². The third-order valence-electron chi connectivity index (χ3n) is 4.82. The third-order valence-corrected chi connectivity index (χ3v) is 4.82. The van der Waals surface area contributed by atoms with Crippen molar-refractivity contribution in [3.63, 3.8) is 0 Å². The van der Waals surface area contributed by atoms with Gasteiger partial charge >= 0.3 is 11.9 Å². The predicted molar refractivity (Wildman–Crippen MR) is 123 cm³/mol. The largest absolute Gasteiger partial charge is 0.479 e. The van der Waals surface area contributed by atoms with Gasteiger partial charge in [0.2, 0.25) is 0 Å². The van der Waals surface area contributed by atoms with Gasteiger partial charge in [-0.1, -0.05) is 25.1 Å². The zero-order chi connectivity index (χ0) is 25.5. The second-order valence-electron chi connectivity index (χ2n) is 7.38. The minimum Gasteiger partial charge on any atom is -0.479 e. The Morgan fingerprint density at radius 1 is 1.06 bits per heavy atom. The quantitative estimate of drug-likeness (QED) is 0.355. The van der Waals surface area contributed by atoms with Crippen LogP contribution in [0.1, 0.15) is 24.5 Å². The molecule has 2 aromatic carbocycles. The number of halogens is 2. The average Bonchev–Trinajstić information content (AvgIpc) is 2.83. The van der Waals surface area contributed by atoms with E-state index in [2.05, 4.69) is 4.98 Å². The van der Waals surface area contributed by atoms with Crippen molar-refractivity contribution >= 4 is 18.0 Å². The molecule has 1 heterocycles. The minimum atomic E-state index is -1.39. The molecule has 0 bridgehead atoms. The Labute approximate surface area is 199 Å². The third kappa shape index (κ3) is 6.61. The smallest absolute Gasteiger partial charge is 0.344 e. The van der Waals surface area contributed by atoms with E-state index in [9.17, 15) is 18.4 Å². The Kier molecular flexibility index (Phi) is 8.11. The lowest BCUT2D eigenvalue weighted by Gasteiger charge is -2.15. The van der Waals surface area contributed by atoms with Gasteiger partial charge in [0.15, 0.2) is 17.7 Å². The van der Waals surface area contributed by atoms with Gasteiger partial charge < -0.3 is 25.4 Å². The first-order valence-electron chi connectivity index (χ1n) is 10.5. The van der Waals surface area contributed by atoms with Crippen LogP contribution in [-0.4, -0.2) is 33.2 Å². The molecule has 0 fully saturated rings. The van der Waals surface area contributed by atoms with Gasteiger partial charge in [-0.3, -0.25) is 0 Å². The van der Waals surface area contributed by atoms with Crippen molar-refractivity contribution in [3.05, 3.63) is 77.4 Å². The molecule has 3 rings (SSSR count). The summed E-state index contributed by atoms with van der Waals surface area (Å²) < 4.78 is 39.3. The molecule has 10 heteroatoms. The summed E-state index contributed by atoms with van der Waals surface area (Å²) in [6.07, 6.45) is 0.889. The number of hydrogen-bond donors (Lipinski definition) is 3. The molecule has 0 saturated carbocycles. The molecule has 3 aromatic rings. The average molecular weight is 484 g/mol. The second-order valence-corrected chi connectivity index (χ2v) is 7.38. The monoisotopic (exact) mass is 484 g/mol. The van der Waals surface area contributed by atoms with Crippen LogP contribution < -0.4 is 15.2 Å². The SMILES string of the molecule is CCC(Oc1nc(Oc2cc(C=CC(=O)O)cc(-c3cccc(CN)c3)c2)c(F)cc1F)C(=O)O. The molecule has 4 N–H and O–H groups in total. The predicted octanol–water partition coefficient (Wildman–Crippen LogP) is 4.62. The van der Waals surface area contributed by atoms with Crippen molar-refractivity contribution < 1.29 is 38.1 Å². The summed E-state index contributed by atoms with van der Waals surface area (Å²) in [7, 11) is 0. The fourth-order valence-electron chi connectivity index (χ4n) is 3.13. The number of carboxylic acid groups (broad SMARTS) is 2. The molecule has 8 nitrogen and oxygen atoms in total. The topological polar surface area (TPSA) is 132 Å². The van der Waals surface area contributed by atoms with E-state index in [1.807, 2.05) is 18.2 Å². The number of aliphatic carboxylic acids is 2. The van der Waals surface area contributed by atoms with Gasteiger partial charge in [0.05, 0.1) is 0 Å². The summed E-state index contributed by atoms with van der Waals surface area (Å²) in [6.45, 7) is 1.83. The highest BCUT2D eigenvalue weighted by molar-refractivity contribution is 5.86. The van der Waals surface area contributed by atoms with Crippen LogP contribution in [0.25, 0.3) is 17.2 Å². The van der Waals surface area contributed by atoms with Crippen LogP contribution in [0, 0.1) is 11.6 Å². The highest BCUT2D eigenvalue weighted by Gasteiger charge is 2.22. The lowest BCUT2D eigenvalue weighted by molar-refractivity contribution is -0.145. The molecule has 0 aliphatic rings. The maximum atomic E-state index is 14.5. The van der Waals surface area contributed by atoms with E-state index >= 15 is 0 Å². The number of pyridine rings is 1. The maximum absolute atomic E-state index is 14.5. The Morgan fingerprint density at radius 2 is 1.80 bits per heavy atom. The molecule has 1 unspecified atom stereocenters. The summed E-state index contributed by atoms with van der Waals surface area (Å²) in [5.74, 6) is -6.14. The van der Waals surface area contributed by atoms with Crippen LogP contribution in [0.2, 0.25) is 0 Å². The van der Waals surface area contributed by atoms with Crippen LogP contribution in [0.5, 0.6) is 17.5 Å². The number of nitrogens with two attached hydrogens (primary N) is 1. The Bertz CT molecular complexity index is 1280. The van der Waals surface area contributed by atoms with E-state index in [1.165, 1.54) is 19.1 Å². The summed E-state index contributed by atoms with van der Waals surface area (Å²) in [5.41, 5.74) is 8.35. The molecule has 1 atom stereocenters. The summed E-state index contributed by atoms with van der Waals surface area (Å²) >= 11 is 0. The van der Waals surface area contributed by atoms with Gasteiger partial charge in [-0.15, -0.1) is 0 Å². The standard InChI is InChI=1S/C25H22F2N2O6/c1-2-21(25(32)33)35-24-20(27)12-19(26)23(29-24)34-18-10-14(6-7-22(30)31)8-17(11-18)16-5-3-4-15(9-16)13-28/h3-12,21H,2,13,28H2,1H3,(H,30,31)(H,32,33). The molecule has 0 amide bonds.